The van der Waals surface area contributed by atoms with Crippen molar-refractivity contribution in [1.82, 2.24) is 5.32 Å². The molecule has 0 aliphatic carbocycles. The van der Waals surface area contributed by atoms with E-state index < -0.39 is 24.5 Å². The zero-order valence-electron chi connectivity index (χ0n) is 18.4. The fourth-order valence-corrected chi connectivity index (χ4v) is 4.22. The summed E-state index contributed by atoms with van der Waals surface area (Å²) < 4.78 is 30.3. The molecule has 0 bridgehead atoms. The molecule has 8 heteroatoms. The molecule has 1 aliphatic heterocycles. The van der Waals surface area contributed by atoms with Crippen molar-refractivity contribution in [1.29, 1.82) is 0 Å². The van der Waals surface area contributed by atoms with Gasteiger partial charge in [0.1, 0.15) is 17.8 Å². The molecule has 1 aliphatic rings. The standard InChI is InChI=1S/C25H22FNO6/c1-4-32-25(30)21-17(12-26)27-13(2)19(24(29)31-3)20(21)15-9-7-10-16-22(28)14-8-5-6-11-18(14)33-23(15)16/h5-11,20,27H,4,12H2,1-3H3. The van der Waals surface area contributed by atoms with Gasteiger partial charge in [-0.2, -0.15) is 0 Å². The number of hydrogen-bond donors (Lipinski definition) is 1. The summed E-state index contributed by atoms with van der Waals surface area (Å²) in [5, 5.41) is 3.48. The van der Waals surface area contributed by atoms with Gasteiger partial charge < -0.3 is 19.2 Å². The molecule has 2 heterocycles. The summed E-state index contributed by atoms with van der Waals surface area (Å²) in [5.74, 6) is -2.56. The van der Waals surface area contributed by atoms with Crippen molar-refractivity contribution in [2.24, 2.45) is 0 Å². The number of esters is 2. The molecular formula is C25H22FNO6. The van der Waals surface area contributed by atoms with Crippen molar-refractivity contribution >= 4 is 33.9 Å². The topological polar surface area (TPSA) is 94.8 Å². The van der Waals surface area contributed by atoms with Gasteiger partial charge in [-0.3, -0.25) is 4.79 Å². The molecule has 0 fully saturated rings. The molecule has 1 N–H and O–H groups in total. The second-order valence-electron chi connectivity index (χ2n) is 7.49. The SMILES string of the molecule is CCOC(=O)C1=C(CF)NC(C)=C(C(=O)OC)C1c1cccc2c(=O)c3ccccc3oc12. The van der Waals surface area contributed by atoms with Crippen LogP contribution in [0.25, 0.3) is 21.9 Å². The average molecular weight is 451 g/mol. The Hall–Kier alpha value is -3.94. The second-order valence-corrected chi connectivity index (χ2v) is 7.49. The quantitative estimate of drug-likeness (QED) is 0.465. The number of dihydropyridines is 1. The van der Waals surface area contributed by atoms with Gasteiger partial charge in [-0.25, -0.2) is 14.0 Å². The smallest absolute Gasteiger partial charge is 0.336 e. The molecule has 0 saturated heterocycles. The highest BCUT2D eigenvalue weighted by Crippen LogP contribution is 2.42. The van der Waals surface area contributed by atoms with Crippen LogP contribution >= 0.6 is 0 Å². The molecular weight excluding hydrogens is 429 g/mol. The summed E-state index contributed by atoms with van der Waals surface area (Å²) in [7, 11) is 1.22. The Balaban J connectivity index is 2.10. The fraction of sp³-hybridized carbons (Fsp3) is 0.240. The number of hydrogen-bond acceptors (Lipinski definition) is 7. The van der Waals surface area contributed by atoms with Crippen molar-refractivity contribution in [3.05, 3.63) is 80.8 Å². The Morgan fingerprint density at radius 3 is 2.48 bits per heavy atom. The van der Waals surface area contributed by atoms with Crippen LogP contribution in [0.1, 0.15) is 25.3 Å². The first-order valence-electron chi connectivity index (χ1n) is 10.4. The monoisotopic (exact) mass is 451 g/mol. The highest BCUT2D eigenvalue weighted by molar-refractivity contribution is 6.02. The summed E-state index contributed by atoms with van der Waals surface area (Å²) in [4.78, 5) is 39.0. The minimum Gasteiger partial charge on any atom is -0.466 e. The van der Waals surface area contributed by atoms with Gasteiger partial charge in [0.15, 0.2) is 0 Å². The van der Waals surface area contributed by atoms with Crippen molar-refractivity contribution in [2.75, 3.05) is 20.4 Å². The third kappa shape index (κ3) is 3.67. The second kappa shape index (κ2) is 8.90. The number of allylic oxidation sites excluding steroid dienone is 2. The van der Waals surface area contributed by atoms with E-state index >= 15 is 0 Å². The Kier molecular flexibility index (Phi) is 6.00. The van der Waals surface area contributed by atoms with Crippen LogP contribution in [-0.4, -0.2) is 32.3 Å². The van der Waals surface area contributed by atoms with Gasteiger partial charge >= 0.3 is 11.9 Å². The maximum Gasteiger partial charge on any atom is 0.336 e. The molecule has 2 aromatic carbocycles. The van der Waals surface area contributed by atoms with E-state index in [0.29, 0.717) is 22.2 Å². The lowest BCUT2D eigenvalue weighted by molar-refractivity contribution is -0.139. The summed E-state index contributed by atoms with van der Waals surface area (Å²) >= 11 is 0. The van der Waals surface area contributed by atoms with E-state index in [1.165, 1.54) is 7.11 Å². The van der Waals surface area contributed by atoms with E-state index in [1.54, 1.807) is 56.3 Å². The first-order chi connectivity index (χ1) is 15.9. The number of halogens is 1. The number of nitrogens with one attached hydrogen (secondary N) is 1. The molecule has 33 heavy (non-hydrogen) atoms. The minimum absolute atomic E-state index is 0.0243. The Morgan fingerprint density at radius 1 is 1.06 bits per heavy atom. The van der Waals surface area contributed by atoms with Gasteiger partial charge in [0.05, 0.1) is 47.3 Å². The zero-order valence-corrected chi connectivity index (χ0v) is 18.4. The normalized spacial score (nSPS) is 16.2. The van der Waals surface area contributed by atoms with E-state index in [4.69, 9.17) is 13.9 Å². The number of alkyl halides is 1. The van der Waals surface area contributed by atoms with Crippen LogP contribution in [-0.2, 0) is 19.1 Å². The van der Waals surface area contributed by atoms with Crippen LogP contribution in [0.5, 0.6) is 0 Å². The van der Waals surface area contributed by atoms with Gasteiger partial charge in [0, 0.05) is 11.3 Å². The number of benzene rings is 2. The number of rotatable bonds is 5. The van der Waals surface area contributed by atoms with Crippen LogP contribution in [0.3, 0.4) is 0 Å². The molecule has 1 unspecified atom stereocenters. The minimum atomic E-state index is -1.07. The molecule has 170 valence electrons. The summed E-state index contributed by atoms with van der Waals surface area (Å²) in [6.45, 7) is 2.28. The predicted molar refractivity (Wildman–Crippen MR) is 120 cm³/mol. The van der Waals surface area contributed by atoms with Crippen LogP contribution in [0.4, 0.5) is 4.39 Å². The Labute approximate surface area is 188 Å². The lowest BCUT2D eigenvalue weighted by Crippen LogP contribution is -2.34. The van der Waals surface area contributed by atoms with E-state index in [0.717, 1.165) is 0 Å². The fourth-order valence-electron chi connectivity index (χ4n) is 4.22. The van der Waals surface area contributed by atoms with E-state index in [9.17, 15) is 18.8 Å². The largest absolute Gasteiger partial charge is 0.466 e. The lowest BCUT2D eigenvalue weighted by Gasteiger charge is -2.30. The number of methoxy groups -OCH3 is 1. The summed E-state index contributed by atoms with van der Waals surface area (Å²) in [6.07, 6.45) is 0. The zero-order chi connectivity index (χ0) is 23.7. The van der Waals surface area contributed by atoms with Crippen molar-refractivity contribution < 1.29 is 27.9 Å². The average Bonchev–Trinajstić information content (AvgIpc) is 2.82. The molecule has 1 aromatic heterocycles. The Morgan fingerprint density at radius 2 is 1.79 bits per heavy atom. The number of ether oxygens (including phenoxy) is 2. The van der Waals surface area contributed by atoms with Crippen LogP contribution in [0, 0.1) is 0 Å². The van der Waals surface area contributed by atoms with Crippen molar-refractivity contribution in [2.45, 2.75) is 19.8 Å². The maximum absolute atomic E-state index is 14.0. The molecule has 0 saturated carbocycles. The summed E-state index contributed by atoms with van der Waals surface area (Å²) in [5.41, 5.74) is 0.971. The molecule has 1 atom stereocenters. The van der Waals surface area contributed by atoms with E-state index in [2.05, 4.69) is 5.32 Å². The van der Waals surface area contributed by atoms with Gasteiger partial charge in [0.2, 0.25) is 5.43 Å². The Bertz CT molecular complexity index is 1400. The first-order valence-corrected chi connectivity index (χ1v) is 10.4. The highest BCUT2D eigenvalue weighted by Gasteiger charge is 2.40. The van der Waals surface area contributed by atoms with Crippen LogP contribution in [0.2, 0.25) is 0 Å². The predicted octanol–water partition coefficient (Wildman–Crippen LogP) is 3.87. The van der Waals surface area contributed by atoms with E-state index in [-0.39, 0.29) is 39.8 Å². The highest BCUT2D eigenvalue weighted by atomic mass is 19.1. The molecule has 0 radical (unpaired) electrons. The maximum atomic E-state index is 14.0. The molecule has 0 spiro atoms. The number of para-hydroxylation sites is 2. The summed E-state index contributed by atoms with van der Waals surface area (Å²) in [6, 6.07) is 11.7. The van der Waals surface area contributed by atoms with Gasteiger partial charge in [0.25, 0.3) is 0 Å². The first kappa shape index (κ1) is 22.3. The van der Waals surface area contributed by atoms with E-state index in [1.807, 2.05) is 0 Å². The van der Waals surface area contributed by atoms with Gasteiger partial charge in [-0.1, -0.05) is 24.3 Å². The molecule has 3 aromatic rings. The van der Waals surface area contributed by atoms with Gasteiger partial charge in [-0.15, -0.1) is 0 Å². The lowest BCUT2D eigenvalue weighted by atomic mass is 9.79. The molecule has 4 rings (SSSR count). The van der Waals surface area contributed by atoms with Crippen LogP contribution in [0.15, 0.2) is 74.2 Å². The third-order valence-corrected chi connectivity index (χ3v) is 5.62. The number of carbonyl (C=O) groups excluding carboxylic acids is 2. The van der Waals surface area contributed by atoms with Crippen molar-refractivity contribution in [3.8, 4) is 0 Å². The van der Waals surface area contributed by atoms with Crippen LogP contribution < -0.4 is 10.7 Å². The van der Waals surface area contributed by atoms with Gasteiger partial charge in [-0.05, 0) is 32.0 Å². The number of fused-ring (bicyclic) bond motifs is 2. The molecule has 0 amide bonds. The molecule has 7 nitrogen and oxygen atoms in total. The van der Waals surface area contributed by atoms with Crippen molar-refractivity contribution in [3.63, 3.8) is 0 Å². The number of carbonyl (C=O) groups is 2. The third-order valence-electron chi connectivity index (χ3n) is 5.62.